The Morgan fingerprint density at radius 1 is 0.893 bits per heavy atom. The number of hydrogen-bond acceptors (Lipinski definition) is 4. The normalized spacial score (nSPS) is 14.1. The Morgan fingerprint density at radius 3 is 2.14 bits per heavy atom. The Balaban J connectivity index is 1.53. The molecule has 1 amide bonds. The van der Waals surface area contributed by atoms with E-state index < -0.39 is 0 Å². The summed E-state index contributed by atoms with van der Waals surface area (Å²) in [4.78, 5) is 17.0. The summed E-state index contributed by atoms with van der Waals surface area (Å²) in [5.74, 6) is 1.63. The molecule has 3 rings (SSSR count). The Labute approximate surface area is 167 Å². The molecular formula is C23H30N2O3. The van der Waals surface area contributed by atoms with Crippen LogP contribution in [-0.4, -0.2) is 51.2 Å². The van der Waals surface area contributed by atoms with Crippen molar-refractivity contribution in [2.75, 3.05) is 45.3 Å². The molecule has 1 aliphatic heterocycles. The van der Waals surface area contributed by atoms with E-state index in [-0.39, 0.29) is 5.91 Å². The van der Waals surface area contributed by atoms with E-state index in [4.69, 9.17) is 9.47 Å². The van der Waals surface area contributed by atoms with E-state index in [9.17, 15) is 4.79 Å². The average Bonchev–Trinajstić information content (AvgIpc) is 2.71. The molecule has 28 heavy (non-hydrogen) atoms. The van der Waals surface area contributed by atoms with Crippen molar-refractivity contribution in [3.05, 3.63) is 53.1 Å². The van der Waals surface area contributed by atoms with Gasteiger partial charge in [0, 0.05) is 38.3 Å². The van der Waals surface area contributed by atoms with E-state index in [0.717, 1.165) is 31.7 Å². The maximum Gasteiger partial charge on any atom is 0.223 e. The van der Waals surface area contributed by atoms with Gasteiger partial charge in [-0.3, -0.25) is 4.79 Å². The Bertz CT molecular complexity index is 806. The first kappa shape index (κ1) is 20.1. The molecule has 1 saturated heterocycles. The fraction of sp³-hybridized carbons (Fsp3) is 0.435. The molecule has 0 aromatic heterocycles. The monoisotopic (exact) mass is 382 g/mol. The molecule has 1 fully saturated rings. The number of anilines is 1. The van der Waals surface area contributed by atoms with Crippen molar-refractivity contribution >= 4 is 11.6 Å². The van der Waals surface area contributed by atoms with Crippen LogP contribution in [0, 0.1) is 13.8 Å². The van der Waals surface area contributed by atoms with Gasteiger partial charge in [0.05, 0.1) is 14.2 Å². The first-order valence-electron chi connectivity index (χ1n) is 9.82. The first-order chi connectivity index (χ1) is 13.5. The van der Waals surface area contributed by atoms with Crippen molar-refractivity contribution < 1.29 is 14.3 Å². The molecule has 5 heteroatoms. The van der Waals surface area contributed by atoms with Crippen molar-refractivity contribution in [2.45, 2.75) is 26.7 Å². The lowest BCUT2D eigenvalue weighted by atomic mass is 10.1. The van der Waals surface area contributed by atoms with Crippen LogP contribution >= 0.6 is 0 Å². The molecule has 0 bridgehead atoms. The number of benzene rings is 2. The van der Waals surface area contributed by atoms with E-state index in [2.05, 4.69) is 36.9 Å². The second-order valence-electron chi connectivity index (χ2n) is 7.40. The minimum Gasteiger partial charge on any atom is -0.493 e. The van der Waals surface area contributed by atoms with Crippen LogP contribution in [0.3, 0.4) is 0 Å². The van der Waals surface area contributed by atoms with Crippen LogP contribution in [-0.2, 0) is 11.2 Å². The standard InChI is InChI=1S/C23H30N2O3/c1-17-13-18(2)15-20(14-17)24-9-11-25(12-10-24)23(26)8-6-19-5-7-21(27-3)22(16-19)28-4/h5,7,13-16H,6,8-12H2,1-4H3. The third kappa shape index (κ3) is 4.77. The third-order valence-electron chi connectivity index (χ3n) is 5.28. The summed E-state index contributed by atoms with van der Waals surface area (Å²) >= 11 is 0. The molecule has 2 aromatic rings. The molecule has 1 heterocycles. The zero-order valence-corrected chi connectivity index (χ0v) is 17.3. The summed E-state index contributed by atoms with van der Waals surface area (Å²) in [5.41, 5.74) is 4.90. The van der Waals surface area contributed by atoms with Crippen molar-refractivity contribution in [1.82, 2.24) is 4.90 Å². The number of piperazine rings is 1. The summed E-state index contributed by atoms with van der Waals surface area (Å²) < 4.78 is 10.6. The van der Waals surface area contributed by atoms with Gasteiger partial charge in [-0.15, -0.1) is 0 Å². The number of hydrogen-bond donors (Lipinski definition) is 0. The van der Waals surface area contributed by atoms with Gasteiger partial charge < -0.3 is 19.3 Å². The van der Waals surface area contributed by atoms with Gasteiger partial charge in [0.2, 0.25) is 5.91 Å². The minimum atomic E-state index is 0.217. The highest BCUT2D eigenvalue weighted by Crippen LogP contribution is 2.28. The SMILES string of the molecule is COc1ccc(CCC(=O)N2CCN(c3cc(C)cc(C)c3)CC2)cc1OC. The molecule has 0 N–H and O–H groups in total. The minimum absolute atomic E-state index is 0.217. The molecule has 150 valence electrons. The topological polar surface area (TPSA) is 42.0 Å². The van der Waals surface area contributed by atoms with Crippen LogP contribution in [0.5, 0.6) is 11.5 Å². The third-order valence-corrected chi connectivity index (χ3v) is 5.28. The van der Waals surface area contributed by atoms with E-state index in [0.29, 0.717) is 24.3 Å². The van der Waals surface area contributed by atoms with Crippen LogP contribution in [0.1, 0.15) is 23.1 Å². The molecule has 0 spiro atoms. The number of methoxy groups -OCH3 is 2. The fourth-order valence-corrected chi connectivity index (χ4v) is 3.79. The van der Waals surface area contributed by atoms with Gasteiger partial charge in [-0.2, -0.15) is 0 Å². The van der Waals surface area contributed by atoms with Gasteiger partial charge in [-0.1, -0.05) is 12.1 Å². The second-order valence-corrected chi connectivity index (χ2v) is 7.40. The first-order valence-corrected chi connectivity index (χ1v) is 9.82. The molecule has 1 aliphatic rings. The van der Waals surface area contributed by atoms with Crippen LogP contribution in [0.2, 0.25) is 0 Å². The molecule has 2 aromatic carbocycles. The van der Waals surface area contributed by atoms with Crippen LogP contribution in [0.4, 0.5) is 5.69 Å². The lowest BCUT2D eigenvalue weighted by Gasteiger charge is -2.36. The van der Waals surface area contributed by atoms with Gasteiger partial charge in [0.1, 0.15) is 0 Å². The van der Waals surface area contributed by atoms with Gasteiger partial charge in [0.25, 0.3) is 0 Å². The van der Waals surface area contributed by atoms with Gasteiger partial charge in [-0.05, 0) is 61.2 Å². The van der Waals surface area contributed by atoms with Crippen LogP contribution < -0.4 is 14.4 Å². The zero-order valence-electron chi connectivity index (χ0n) is 17.3. The van der Waals surface area contributed by atoms with Gasteiger partial charge in [0.15, 0.2) is 11.5 Å². The van der Waals surface area contributed by atoms with E-state index >= 15 is 0 Å². The summed E-state index contributed by atoms with van der Waals surface area (Å²) in [7, 11) is 3.25. The molecule has 0 unspecified atom stereocenters. The molecular weight excluding hydrogens is 352 g/mol. The summed E-state index contributed by atoms with van der Waals surface area (Å²) in [6.45, 7) is 7.57. The number of carbonyl (C=O) groups is 1. The van der Waals surface area contributed by atoms with Crippen molar-refractivity contribution in [1.29, 1.82) is 0 Å². The highest BCUT2D eigenvalue weighted by Gasteiger charge is 2.21. The second kappa shape index (κ2) is 9.00. The lowest BCUT2D eigenvalue weighted by molar-refractivity contribution is -0.131. The number of amides is 1. The Kier molecular flexibility index (Phi) is 6.45. The molecule has 0 atom stereocenters. The summed E-state index contributed by atoms with van der Waals surface area (Å²) in [6.07, 6.45) is 1.22. The summed E-state index contributed by atoms with van der Waals surface area (Å²) in [5, 5.41) is 0. The van der Waals surface area contributed by atoms with E-state index in [1.54, 1.807) is 14.2 Å². The summed E-state index contributed by atoms with van der Waals surface area (Å²) in [6, 6.07) is 12.5. The highest BCUT2D eigenvalue weighted by molar-refractivity contribution is 5.77. The number of carbonyl (C=O) groups excluding carboxylic acids is 1. The van der Waals surface area contributed by atoms with Crippen LogP contribution in [0.25, 0.3) is 0 Å². The smallest absolute Gasteiger partial charge is 0.223 e. The average molecular weight is 383 g/mol. The number of nitrogens with zero attached hydrogens (tertiary/aromatic N) is 2. The van der Waals surface area contributed by atoms with Gasteiger partial charge in [-0.25, -0.2) is 0 Å². The largest absolute Gasteiger partial charge is 0.493 e. The maximum absolute atomic E-state index is 12.7. The fourth-order valence-electron chi connectivity index (χ4n) is 3.79. The molecule has 0 saturated carbocycles. The molecule has 5 nitrogen and oxygen atoms in total. The predicted molar refractivity (Wildman–Crippen MR) is 113 cm³/mol. The highest BCUT2D eigenvalue weighted by atomic mass is 16.5. The predicted octanol–water partition coefficient (Wildman–Crippen LogP) is 3.60. The Hall–Kier alpha value is -2.69. The van der Waals surface area contributed by atoms with Gasteiger partial charge >= 0.3 is 0 Å². The maximum atomic E-state index is 12.7. The van der Waals surface area contributed by atoms with E-state index in [1.807, 2.05) is 23.1 Å². The number of aryl methyl sites for hydroxylation is 3. The quantitative estimate of drug-likeness (QED) is 0.766. The number of ether oxygens (including phenoxy) is 2. The molecule has 0 aliphatic carbocycles. The molecule has 0 radical (unpaired) electrons. The van der Waals surface area contributed by atoms with Crippen molar-refractivity contribution in [3.63, 3.8) is 0 Å². The van der Waals surface area contributed by atoms with Crippen molar-refractivity contribution in [2.24, 2.45) is 0 Å². The Morgan fingerprint density at radius 2 is 1.54 bits per heavy atom. The van der Waals surface area contributed by atoms with Crippen LogP contribution in [0.15, 0.2) is 36.4 Å². The van der Waals surface area contributed by atoms with Crippen molar-refractivity contribution in [3.8, 4) is 11.5 Å². The number of rotatable bonds is 6. The van der Waals surface area contributed by atoms with E-state index in [1.165, 1.54) is 16.8 Å². The lowest BCUT2D eigenvalue weighted by Crippen LogP contribution is -2.48. The zero-order chi connectivity index (χ0) is 20.1.